The van der Waals surface area contributed by atoms with Gasteiger partial charge in [-0.15, -0.1) is 11.8 Å². The molecule has 0 aromatic heterocycles. The van der Waals surface area contributed by atoms with Crippen molar-refractivity contribution in [3.05, 3.63) is 53.6 Å². The summed E-state index contributed by atoms with van der Waals surface area (Å²) in [4.78, 5) is 18.2. The number of carbonyl (C=O) groups excluding carboxylic acids is 1. The van der Waals surface area contributed by atoms with E-state index in [0.717, 1.165) is 42.0 Å². The van der Waals surface area contributed by atoms with Crippen LogP contribution in [-0.4, -0.2) is 56.3 Å². The van der Waals surface area contributed by atoms with Gasteiger partial charge in [0.05, 0.1) is 20.8 Å². The van der Waals surface area contributed by atoms with Gasteiger partial charge in [0.1, 0.15) is 11.5 Å². The van der Waals surface area contributed by atoms with Crippen molar-refractivity contribution < 1.29 is 14.3 Å². The van der Waals surface area contributed by atoms with E-state index in [9.17, 15) is 4.79 Å². The van der Waals surface area contributed by atoms with E-state index in [4.69, 9.17) is 9.47 Å². The van der Waals surface area contributed by atoms with Crippen LogP contribution in [0, 0.1) is 0 Å². The van der Waals surface area contributed by atoms with Crippen LogP contribution < -0.4 is 9.47 Å². The quantitative estimate of drug-likeness (QED) is 0.605. The van der Waals surface area contributed by atoms with Gasteiger partial charge in [-0.05, 0) is 61.5 Å². The molecule has 1 saturated heterocycles. The van der Waals surface area contributed by atoms with Gasteiger partial charge in [0.15, 0.2) is 0 Å². The van der Waals surface area contributed by atoms with Crippen LogP contribution >= 0.6 is 11.8 Å². The van der Waals surface area contributed by atoms with Gasteiger partial charge in [-0.2, -0.15) is 0 Å². The number of ether oxygens (including phenoxy) is 2. The molecule has 29 heavy (non-hydrogen) atoms. The Morgan fingerprint density at radius 2 is 1.93 bits per heavy atom. The number of likely N-dealkylation sites (tertiary alicyclic amines) is 1. The number of hydrogen-bond acceptors (Lipinski definition) is 5. The molecule has 1 heterocycles. The van der Waals surface area contributed by atoms with Gasteiger partial charge in [-0.3, -0.25) is 9.69 Å². The molecule has 1 atom stereocenters. The lowest BCUT2D eigenvalue weighted by Crippen LogP contribution is -2.37. The predicted molar refractivity (Wildman–Crippen MR) is 118 cm³/mol. The van der Waals surface area contributed by atoms with Gasteiger partial charge in [-0.1, -0.05) is 12.1 Å². The van der Waals surface area contributed by atoms with Crippen LogP contribution in [0.4, 0.5) is 0 Å². The van der Waals surface area contributed by atoms with E-state index >= 15 is 0 Å². The summed E-state index contributed by atoms with van der Waals surface area (Å²) in [6.07, 6.45) is 4.14. The highest BCUT2D eigenvalue weighted by atomic mass is 32.2. The Balaban J connectivity index is 1.67. The van der Waals surface area contributed by atoms with Gasteiger partial charge in [0, 0.05) is 30.1 Å². The second-order valence-electron chi connectivity index (χ2n) is 7.33. The summed E-state index contributed by atoms with van der Waals surface area (Å²) in [6, 6.07) is 14.4. The van der Waals surface area contributed by atoms with Gasteiger partial charge in [-0.25, -0.2) is 0 Å². The number of rotatable bonds is 8. The van der Waals surface area contributed by atoms with Crippen molar-refractivity contribution in [1.29, 1.82) is 0 Å². The highest BCUT2D eigenvalue weighted by molar-refractivity contribution is 7.98. The third-order valence-corrected chi connectivity index (χ3v) is 6.25. The Morgan fingerprint density at radius 1 is 1.17 bits per heavy atom. The summed E-state index contributed by atoms with van der Waals surface area (Å²) in [6.45, 7) is 1.94. The molecule has 3 rings (SSSR count). The van der Waals surface area contributed by atoms with Crippen LogP contribution in [0.2, 0.25) is 0 Å². The average molecular weight is 415 g/mol. The molecule has 5 nitrogen and oxygen atoms in total. The Labute approximate surface area is 178 Å². The zero-order valence-electron chi connectivity index (χ0n) is 17.7. The second kappa shape index (κ2) is 10.0. The summed E-state index contributed by atoms with van der Waals surface area (Å²) >= 11 is 1.72. The van der Waals surface area contributed by atoms with E-state index in [1.54, 1.807) is 26.0 Å². The number of thioether (sulfide) groups is 1. The van der Waals surface area contributed by atoms with Crippen LogP contribution in [-0.2, 0) is 11.3 Å². The van der Waals surface area contributed by atoms with Crippen LogP contribution in [0.25, 0.3) is 0 Å². The van der Waals surface area contributed by atoms with E-state index in [-0.39, 0.29) is 11.9 Å². The number of hydrogen-bond donors (Lipinski definition) is 0. The largest absolute Gasteiger partial charge is 0.497 e. The molecule has 2 aromatic carbocycles. The highest BCUT2D eigenvalue weighted by Gasteiger charge is 2.30. The first-order valence-electron chi connectivity index (χ1n) is 9.88. The van der Waals surface area contributed by atoms with E-state index in [1.165, 1.54) is 4.90 Å². The molecule has 1 fully saturated rings. The second-order valence-corrected chi connectivity index (χ2v) is 8.21. The standard InChI is InChI=1S/C23H30N2O3S/c1-24(15-17-7-10-19(29-4)11-8-17)23(26)16-25-13-5-6-21(25)20-14-18(27-2)9-12-22(20)28-3/h7-12,14,21H,5-6,13,15-16H2,1-4H3/t21-/m1/s1. The fraction of sp³-hybridized carbons (Fsp3) is 0.435. The third kappa shape index (κ3) is 5.25. The van der Waals surface area contributed by atoms with Crippen LogP contribution in [0.3, 0.4) is 0 Å². The van der Waals surface area contributed by atoms with Crippen molar-refractivity contribution in [2.45, 2.75) is 30.3 Å². The number of likely N-dealkylation sites (N-methyl/N-ethyl adjacent to an activating group) is 1. The van der Waals surface area contributed by atoms with Gasteiger partial charge in [0.2, 0.25) is 5.91 Å². The molecule has 0 bridgehead atoms. The molecule has 1 aliphatic rings. The molecule has 0 N–H and O–H groups in total. The summed E-state index contributed by atoms with van der Waals surface area (Å²) in [5, 5.41) is 0. The molecule has 0 spiro atoms. The van der Waals surface area contributed by atoms with E-state index in [0.29, 0.717) is 13.1 Å². The monoisotopic (exact) mass is 414 g/mol. The Kier molecular flexibility index (Phi) is 7.45. The minimum atomic E-state index is 0.132. The van der Waals surface area contributed by atoms with Gasteiger partial charge >= 0.3 is 0 Å². The minimum Gasteiger partial charge on any atom is -0.497 e. The van der Waals surface area contributed by atoms with Crippen molar-refractivity contribution >= 4 is 17.7 Å². The summed E-state index contributed by atoms with van der Waals surface area (Å²) < 4.78 is 11.0. The van der Waals surface area contributed by atoms with Crippen molar-refractivity contribution in [1.82, 2.24) is 9.80 Å². The molecule has 0 saturated carbocycles. The topological polar surface area (TPSA) is 42.0 Å². The lowest BCUT2D eigenvalue weighted by molar-refractivity contribution is -0.131. The number of nitrogens with zero attached hydrogens (tertiary/aromatic N) is 2. The SMILES string of the molecule is COc1ccc(OC)c([C@H]2CCCN2CC(=O)N(C)Cc2ccc(SC)cc2)c1. The fourth-order valence-corrected chi connectivity index (χ4v) is 4.26. The zero-order chi connectivity index (χ0) is 20.8. The summed E-state index contributed by atoms with van der Waals surface area (Å²) in [5.74, 6) is 1.79. The summed E-state index contributed by atoms with van der Waals surface area (Å²) in [5.41, 5.74) is 2.23. The van der Waals surface area contributed by atoms with Gasteiger partial charge in [0.25, 0.3) is 0 Å². The highest BCUT2D eigenvalue weighted by Crippen LogP contribution is 2.38. The number of methoxy groups -OCH3 is 2. The first-order chi connectivity index (χ1) is 14.0. The van der Waals surface area contributed by atoms with Crippen molar-refractivity contribution in [2.24, 2.45) is 0 Å². The maximum Gasteiger partial charge on any atom is 0.236 e. The summed E-state index contributed by atoms with van der Waals surface area (Å²) in [7, 11) is 5.23. The number of carbonyl (C=O) groups is 1. The van der Waals surface area contributed by atoms with E-state index in [2.05, 4.69) is 35.4 Å². The number of benzene rings is 2. The van der Waals surface area contributed by atoms with Crippen LogP contribution in [0.15, 0.2) is 47.4 Å². The molecule has 0 unspecified atom stereocenters. The fourth-order valence-electron chi connectivity index (χ4n) is 3.85. The maximum atomic E-state index is 12.9. The van der Waals surface area contributed by atoms with E-state index < -0.39 is 0 Å². The first kappa shape index (κ1) is 21.5. The Morgan fingerprint density at radius 3 is 2.59 bits per heavy atom. The van der Waals surface area contributed by atoms with Crippen molar-refractivity contribution in [3.63, 3.8) is 0 Å². The molecule has 156 valence electrons. The van der Waals surface area contributed by atoms with Crippen molar-refractivity contribution in [2.75, 3.05) is 40.6 Å². The zero-order valence-corrected chi connectivity index (χ0v) is 18.5. The minimum absolute atomic E-state index is 0.132. The first-order valence-corrected chi connectivity index (χ1v) is 11.1. The third-order valence-electron chi connectivity index (χ3n) is 5.50. The molecule has 0 radical (unpaired) electrons. The molecule has 2 aromatic rings. The smallest absolute Gasteiger partial charge is 0.236 e. The molecule has 1 aliphatic heterocycles. The van der Waals surface area contributed by atoms with Gasteiger partial charge < -0.3 is 14.4 Å². The normalized spacial score (nSPS) is 16.6. The lowest BCUT2D eigenvalue weighted by atomic mass is 10.0. The predicted octanol–water partition coefficient (Wildman–Crippen LogP) is 4.22. The number of amides is 1. The molecule has 1 amide bonds. The van der Waals surface area contributed by atoms with Crippen LogP contribution in [0.5, 0.6) is 11.5 Å². The molecule has 6 heteroatoms. The maximum absolute atomic E-state index is 12.9. The Hall–Kier alpha value is -2.18. The van der Waals surface area contributed by atoms with Crippen molar-refractivity contribution in [3.8, 4) is 11.5 Å². The lowest BCUT2D eigenvalue weighted by Gasteiger charge is -2.28. The average Bonchev–Trinajstić information content (AvgIpc) is 3.21. The van der Waals surface area contributed by atoms with Crippen LogP contribution in [0.1, 0.15) is 30.0 Å². The van der Waals surface area contributed by atoms with E-state index in [1.807, 2.05) is 30.1 Å². The molecule has 0 aliphatic carbocycles. The molecular weight excluding hydrogens is 384 g/mol. The molecular formula is C23H30N2O3S. The Bertz CT molecular complexity index is 825.